The van der Waals surface area contributed by atoms with Crippen LogP contribution in [0.1, 0.15) is 49.0 Å². The Bertz CT molecular complexity index is 1700. The third-order valence-electron chi connectivity index (χ3n) is 8.85. The summed E-state index contributed by atoms with van der Waals surface area (Å²) < 4.78 is 160. The number of nitrogens with one attached hydrogen (secondary N) is 2. The van der Waals surface area contributed by atoms with Gasteiger partial charge in [-0.25, -0.2) is 17.2 Å². The number of aromatic amines is 1. The maximum atomic E-state index is 15.8. The molecule has 0 bridgehead atoms. The number of alkyl halides is 8. The van der Waals surface area contributed by atoms with Crippen LogP contribution < -0.4 is 5.32 Å². The summed E-state index contributed by atoms with van der Waals surface area (Å²) in [4.78, 5) is 5.97. The molecule has 1 aromatic heterocycles. The fraction of sp³-hybridized carbons (Fsp3) is 0.548. The topological polar surface area (TPSA) is 68.4 Å². The Morgan fingerprint density at radius 3 is 2.19 bits per heavy atom. The van der Waals surface area contributed by atoms with Crippen molar-refractivity contribution >= 4 is 26.4 Å². The summed E-state index contributed by atoms with van der Waals surface area (Å²) in [5, 5.41) is 3.75. The number of hydrogen-bond donors (Lipinski definition) is 2. The van der Waals surface area contributed by atoms with Crippen LogP contribution in [-0.2, 0) is 16.3 Å². The standard InChI is InChI=1S/C31H34F10N4O2S/c1-18-12-22-21-6-2-3-7-25(21)43-27(22)28(45(18)17-30(36,37)38)26-23(32)13-19(14-24(26)33)42-20-15-44(16-20)9-5-11-48(46,47)10-4-8-29(34,35)31(39,40)41/h2-3,6-7,13-14,18,20,28,42-43H,4-5,8-12,15-17H2,1H3/t18-,28-/m1/s1. The van der Waals surface area contributed by atoms with Crippen molar-refractivity contribution in [2.75, 3.05) is 43.0 Å². The molecule has 48 heavy (non-hydrogen) atoms. The molecule has 17 heteroatoms. The molecular formula is C31H34F10N4O2S. The van der Waals surface area contributed by atoms with Crippen LogP contribution in [0.25, 0.3) is 10.9 Å². The molecule has 2 aromatic carbocycles. The van der Waals surface area contributed by atoms with Gasteiger partial charge in [0.05, 0.1) is 30.1 Å². The van der Waals surface area contributed by atoms with E-state index in [1.54, 1.807) is 31.2 Å². The van der Waals surface area contributed by atoms with Gasteiger partial charge in [-0.15, -0.1) is 0 Å². The molecule has 0 saturated carbocycles. The number of fused-ring (bicyclic) bond motifs is 3. The van der Waals surface area contributed by atoms with Crippen molar-refractivity contribution in [1.29, 1.82) is 0 Å². The fourth-order valence-corrected chi connectivity index (χ4v) is 7.90. The summed E-state index contributed by atoms with van der Waals surface area (Å²) in [6.07, 6.45) is -12.5. The van der Waals surface area contributed by atoms with E-state index in [0.29, 0.717) is 29.9 Å². The smallest absolute Gasteiger partial charge is 0.380 e. The number of nitrogens with zero attached hydrogens (tertiary/aromatic N) is 2. The molecule has 0 spiro atoms. The highest BCUT2D eigenvalue weighted by Gasteiger charge is 2.56. The van der Waals surface area contributed by atoms with Crippen molar-refractivity contribution in [3.05, 3.63) is 64.9 Å². The summed E-state index contributed by atoms with van der Waals surface area (Å²) in [5.41, 5.74) is 1.20. The van der Waals surface area contributed by atoms with Gasteiger partial charge in [0.25, 0.3) is 0 Å². The predicted octanol–water partition coefficient (Wildman–Crippen LogP) is 7.22. The van der Waals surface area contributed by atoms with Crippen LogP contribution >= 0.6 is 0 Å². The number of rotatable bonds is 12. The number of anilines is 1. The van der Waals surface area contributed by atoms with Gasteiger partial charge in [-0.3, -0.25) is 9.80 Å². The molecule has 6 nitrogen and oxygen atoms in total. The van der Waals surface area contributed by atoms with Gasteiger partial charge in [-0.2, -0.15) is 35.1 Å². The van der Waals surface area contributed by atoms with E-state index in [4.69, 9.17) is 0 Å². The minimum atomic E-state index is -5.74. The number of H-pyrrole nitrogens is 1. The van der Waals surface area contributed by atoms with Crippen LogP contribution in [0, 0.1) is 11.6 Å². The van der Waals surface area contributed by atoms with Crippen molar-refractivity contribution < 1.29 is 52.3 Å². The molecule has 1 fully saturated rings. The first-order valence-electron chi connectivity index (χ1n) is 15.3. The number of halogens is 10. The van der Waals surface area contributed by atoms with Crippen molar-refractivity contribution in [1.82, 2.24) is 14.8 Å². The second-order valence-corrected chi connectivity index (χ2v) is 14.9. The lowest BCUT2D eigenvalue weighted by molar-refractivity contribution is -0.284. The van der Waals surface area contributed by atoms with Gasteiger partial charge in [0.2, 0.25) is 0 Å². The van der Waals surface area contributed by atoms with E-state index < -0.39 is 88.3 Å². The van der Waals surface area contributed by atoms with E-state index in [-0.39, 0.29) is 31.1 Å². The van der Waals surface area contributed by atoms with Gasteiger partial charge in [-0.05, 0) is 56.5 Å². The second kappa shape index (κ2) is 13.3. The molecule has 0 amide bonds. The molecular weight excluding hydrogens is 682 g/mol. The summed E-state index contributed by atoms with van der Waals surface area (Å²) >= 11 is 0. The van der Waals surface area contributed by atoms with Crippen LogP contribution in [0.15, 0.2) is 36.4 Å². The molecule has 2 aliphatic heterocycles. The van der Waals surface area contributed by atoms with E-state index in [1.807, 2.05) is 4.90 Å². The zero-order valence-electron chi connectivity index (χ0n) is 25.7. The monoisotopic (exact) mass is 716 g/mol. The minimum Gasteiger partial charge on any atom is -0.380 e. The zero-order valence-corrected chi connectivity index (χ0v) is 26.5. The number of benzene rings is 2. The van der Waals surface area contributed by atoms with Gasteiger partial charge in [-0.1, -0.05) is 18.2 Å². The maximum Gasteiger partial charge on any atom is 0.453 e. The highest BCUT2D eigenvalue weighted by molar-refractivity contribution is 7.91. The summed E-state index contributed by atoms with van der Waals surface area (Å²) in [7, 11) is -3.85. The predicted molar refractivity (Wildman–Crippen MR) is 160 cm³/mol. The number of aromatic nitrogens is 1. The first-order valence-corrected chi connectivity index (χ1v) is 17.1. The van der Waals surface area contributed by atoms with E-state index in [0.717, 1.165) is 22.4 Å². The highest BCUT2D eigenvalue weighted by Crippen LogP contribution is 2.44. The molecule has 266 valence electrons. The van der Waals surface area contributed by atoms with Crippen LogP contribution in [0.2, 0.25) is 0 Å². The molecule has 0 radical (unpaired) electrons. The molecule has 2 atom stereocenters. The van der Waals surface area contributed by atoms with Gasteiger partial charge in [0.1, 0.15) is 21.5 Å². The normalized spacial score (nSPS) is 20.2. The Kier molecular flexibility index (Phi) is 10.1. The first kappa shape index (κ1) is 36.2. The van der Waals surface area contributed by atoms with E-state index in [9.17, 15) is 43.5 Å². The van der Waals surface area contributed by atoms with Gasteiger partial charge in [0.15, 0.2) is 0 Å². The van der Waals surface area contributed by atoms with Crippen LogP contribution in [0.3, 0.4) is 0 Å². The maximum absolute atomic E-state index is 15.8. The Balaban J connectivity index is 1.20. The van der Waals surface area contributed by atoms with E-state index in [1.165, 1.54) is 0 Å². The molecule has 5 rings (SSSR count). The third kappa shape index (κ3) is 8.04. The Morgan fingerprint density at radius 1 is 0.938 bits per heavy atom. The minimum absolute atomic E-state index is 0.0692. The SMILES string of the molecule is C[C@@H]1Cc2c([nH]c3ccccc23)[C@@H](c2c(F)cc(NC3CN(CCCS(=O)(=O)CCCC(F)(F)C(F)(F)F)C3)cc2F)N1CC(F)(F)F. The molecule has 3 heterocycles. The van der Waals surface area contributed by atoms with Crippen molar-refractivity contribution in [3.8, 4) is 0 Å². The van der Waals surface area contributed by atoms with Crippen molar-refractivity contribution in [3.63, 3.8) is 0 Å². The van der Waals surface area contributed by atoms with E-state index >= 15 is 8.78 Å². The van der Waals surface area contributed by atoms with Gasteiger partial charge in [0, 0.05) is 53.4 Å². The lowest BCUT2D eigenvalue weighted by atomic mass is 9.88. The molecule has 0 aliphatic carbocycles. The fourth-order valence-electron chi connectivity index (χ4n) is 6.55. The Morgan fingerprint density at radius 2 is 1.56 bits per heavy atom. The second-order valence-electron chi connectivity index (χ2n) is 12.6. The average molecular weight is 717 g/mol. The van der Waals surface area contributed by atoms with Crippen LogP contribution in [0.5, 0.6) is 0 Å². The van der Waals surface area contributed by atoms with Gasteiger partial charge < -0.3 is 10.3 Å². The highest BCUT2D eigenvalue weighted by atomic mass is 32.2. The molecule has 1 saturated heterocycles. The Labute approximate surface area is 270 Å². The van der Waals surface area contributed by atoms with Crippen LogP contribution in [-0.4, -0.2) is 91.2 Å². The molecule has 0 unspecified atom stereocenters. The van der Waals surface area contributed by atoms with Crippen LogP contribution in [0.4, 0.5) is 49.6 Å². The quantitative estimate of drug-likeness (QED) is 0.194. The largest absolute Gasteiger partial charge is 0.453 e. The van der Waals surface area contributed by atoms with E-state index in [2.05, 4.69) is 10.3 Å². The van der Waals surface area contributed by atoms with Crippen molar-refractivity contribution in [2.45, 2.75) is 69.0 Å². The molecule has 2 aliphatic rings. The lowest BCUT2D eigenvalue weighted by Gasteiger charge is -2.41. The number of hydrogen-bond acceptors (Lipinski definition) is 5. The number of sulfone groups is 1. The molecule has 2 N–H and O–H groups in total. The Hall–Kier alpha value is -3.05. The number of para-hydroxylation sites is 1. The number of likely N-dealkylation sites (tertiary alicyclic amines) is 1. The summed E-state index contributed by atoms with van der Waals surface area (Å²) in [6.45, 7) is 1.22. The third-order valence-corrected chi connectivity index (χ3v) is 10.7. The lowest BCUT2D eigenvalue weighted by Crippen LogP contribution is -2.55. The summed E-state index contributed by atoms with van der Waals surface area (Å²) in [5.74, 6) is -8.21. The first-order chi connectivity index (χ1) is 22.2. The average Bonchev–Trinajstić information content (AvgIpc) is 3.29. The molecule has 3 aromatic rings. The zero-order chi connectivity index (χ0) is 35.2. The van der Waals surface area contributed by atoms with Gasteiger partial charge >= 0.3 is 18.3 Å². The van der Waals surface area contributed by atoms with Crippen molar-refractivity contribution in [2.24, 2.45) is 0 Å². The summed E-state index contributed by atoms with van der Waals surface area (Å²) in [6, 6.07) is 6.80.